The number of amides is 2. The lowest BCUT2D eigenvalue weighted by atomic mass is 10.0. The number of anilines is 2. The molecule has 7 nitrogen and oxygen atoms in total. The van der Waals surface area contributed by atoms with Crippen LogP contribution in [0.2, 0.25) is 0 Å². The van der Waals surface area contributed by atoms with Crippen LogP contribution in [0.25, 0.3) is 0 Å². The van der Waals surface area contributed by atoms with Crippen molar-refractivity contribution in [3.8, 4) is 0 Å². The molecule has 7 heteroatoms. The normalized spacial score (nSPS) is 15.5. The molecule has 2 amide bonds. The third kappa shape index (κ3) is 4.03. The predicted octanol–water partition coefficient (Wildman–Crippen LogP) is 1.26. The van der Waals surface area contributed by atoms with Crippen molar-refractivity contribution < 1.29 is 24.6 Å². The number of aliphatic hydroxyl groups excluding tert-OH is 1. The summed E-state index contributed by atoms with van der Waals surface area (Å²) >= 11 is 0. The van der Waals surface area contributed by atoms with E-state index in [9.17, 15) is 19.5 Å². The van der Waals surface area contributed by atoms with Gasteiger partial charge in [-0.3, -0.25) is 14.4 Å². The predicted molar refractivity (Wildman–Crippen MR) is 74.8 cm³/mol. The van der Waals surface area contributed by atoms with Crippen LogP contribution in [0.4, 0.5) is 11.4 Å². The summed E-state index contributed by atoms with van der Waals surface area (Å²) in [6.07, 6.45) is -0.396. The van der Waals surface area contributed by atoms with Crippen LogP contribution in [-0.2, 0) is 14.4 Å². The number of aliphatic hydroxyl groups is 1. The smallest absolute Gasteiger partial charge is 0.303 e. The van der Waals surface area contributed by atoms with Crippen LogP contribution < -0.4 is 10.6 Å². The molecule has 1 aliphatic rings. The number of benzene rings is 1. The van der Waals surface area contributed by atoms with Gasteiger partial charge in [-0.25, -0.2) is 0 Å². The molecule has 1 unspecified atom stereocenters. The average Bonchev–Trinajstić information content (AvgIpc) is 2.53. The maximum Gasteiger partial charge on any atom is 0.303 e. The lowest BCUT2D eigenvalue weighted by Gasteiger charge is -2.14. The quantitative estimate of drug-likeness (QED) is 0.610. The molecule has 112 valence electrons. The van der Waals surface area contributed by atoms with Crippen LogP contribution in [0, 0.1) is 0 Å². The summed E-state index contributed by atoms with van der Waals surface area (Å²) in [5.41, 5.74) is 1.48. The molecule has 0 radical (unpaired) electrons. The molecule has 1 atom stereocenters. The molecule has 4 N–H and O–H groups in total. The second-order valence-electron chi connectivity index (χ2n) is 4.88. The van der Waals surface area contributed by atoms with Gasteiger partial charge >= 0.3 is 5.97 Å². The zero-order valence-electron chi connectivity index (χ0n) is 11.3. The zero-order valence-corrected chi connectivity index (χ0v) is 11.3. The van der Waals surface area contributed by atoms with Gasteiger partial charge in [0.2, 0.25) is 11.8 Å². The third-order valence-corrected chi connectivity index (χ3v) is 3.17. The highest BCUT2D eigenvalue weighted by molar-refractivity contribution is 6.13. The third-order valence-electron chi connectivity index (χ3n) is 3.17. The number of rotatable bonds is 5. The first-order chi connectivity index (χ1) is 9.95. The van der Waals surface area contributed by atoms with E-state index in [1.807, 2.05) is 0 Å². The molecule has 21 heavy (non-hydrogen) atoms. The maximum absolute atomic E-state index is 11.5. The number of carboxylic acid groups (broad SMARTS) is 1. The Kier molecular flexibility index (Phi) is 4.54. The van der Waals surface area contributed by atoms with Crippen molar-refractivity contribution in [1.82, 2.24) is 0 Å². The molecule has 0 saturated carbocycles. The number of hydrogen-bond acceptors (Lipinski definition) is 4. The molecule has 1 aromatic carbocycles. The van der Waals surface area contributed by atoms with E-state index in [2.05, 4.69) is 10.6 Å². The zero-order chi connectivity index (χ0) is 15.4. The van der Waals surface area contributed by atoms with Crippen LogP contribution in [-0.4, -0.2) is 28.0 Å². The van der Waals surface area contributed by atoms with Crippen molar-refractivity contribution >= 4 is 29.2 Å². The Bertz CT molecular complexity index is 585. The summed E-state index contributed by atoms with van der Waals surface area (Å²) in [6, 6.07) is 4.83. The van der Waals surface area contributed by atoms with Crippen molar-refractivity contribution in [2.75, 3.05) is 10.6 Å². The largest absolute Gasteiger partial charge is 0.481 e. The number of carbonyl (C=O) groups is 3. The molecule has 0 aliphatic carbocycles. The number of aliphatic carboxylic acids is 1. The minimum Gasteiger partial charge on any atom is -0.481 e. The van der Waals surface area contributed by atoms with Gasteiger partial charge in [-0.2, -0.15) is 0 Å². The van der Waals surface area contributed by atoms with Gasteiger partial charge in [-0.15, -0.1) is 0 Å². The first-order valence-electron chi connectivity index (χ1n) is 6.59. The number of nitrogens with one attached hydrogen (secondary N) is 2. The highest BCUT2D eigenvalue weighted by Gasteiger charge is 2.19. The molecule has 0 aromatic heterocycles. The summed E-state index contributed by atoms with van der Waals surface area (Å²) in [5, 5.41) is 23.8. The van der Waals surface area contributed by atoms with Gasteiger partial charge < -0.3 is 20.8 Å². The van der Waals surface area contributed by atoms with Crippen LogP contribution in [0.5, 0.6) is 0 Å². The fourth-order valence-electron chi connectivity index (χ4n) is 2.13. The van der Waals surface area contributed by atoms with Crippen molar-refractivity contribution in [1.29, 1.82) is 0 Å². The fourth-order valence-corrected chi connectivity index (χ4v) is 2.13. The van der Waals surface area contributed by atoms with E-state index in [-0.39, 0.29) is 18.7 Å². The van der Waals surface area contributed by atoms with E-state index in [4.69, 9.17) is 5.11 Å². The average molecular weight is 292 g/mol. The van der Waals surface area contributed by atoms with Crippen molar-refractivity contribution in [2.24, 2.45) is 0 Å². The molecule has 1 heterocycles. The molecule has 1 aromatic rings. The Balaban J connectivity index is 2.11. The number of hydrogen-bond donors (Lipinski definition) is 4. The standard InChI is InChI=1S/C14H16N2O5/c17-11(2-1-3-14(20)21)8-4-5-9-10(6-8)16-13(19)7-12(18)15-9/h4-6,11,17H,1-3,7H2,(H,15,18)(H,16,19)(H,20,21). The summed E-state index contributed by atoms with van der Waals surface area (Å²) in [6.45, 7) is 0. The van der Waals surface area contributed by atoms with Crippen LogP contribution in [0.15, 0.2) is 18.2 Å². The second-order valence-corrected chi connectivity index (χ2v) is 4.88. The Morgan fingerprint density at radius 3 is 2.52 bits per heavy atom. The lowest BCUT2D eigenvalue weighted by molar-refractivity contribution is -0.137. The Morgan fingerprint density at radius 2 is 1.86 bits per heavy atom. The molecule has 1 aliphatic heterocycles. The maximum atomic E-state index is 11.5. The molecular weight excluding hydrogens is 276 g/mol. The summed E-state index contributed by atoms with van der Waals surface area (Å²) < 4.78 is 0. The highest BCUT2D eigenvalue weighted by atomic mass is 16.4. The van der Waals surface area contributed by atoms with Gasteiger partial charge in [0.05, 0.1) is 17.5 Å². The monoisotopic (exact) mass is 292 g/mol. The van der Waals surface area contributed by atoms with Gasteiger partial charge in [-0.1, -0.05) is 6.07 Å². The SMILES string of the molecule is O=C(O)CCCC(O)c1ccc2c(c1)NC(=O)CC(=O)N2. The number of carboxylic acids is 1. The van der Waals surface area contributed by atoms with Crippen LogP contribution in [0.3, 0.4) is 0 Å². The van der Waals surface area contributed by atoms with Gasteiger partial charge in [0.25, 0.3) is 0 Å². The van der Waals surface area contributed by atoms with E-state index < -0.39 is 18.0 Å². The topological polar surface area (TPSA) is 116 Å². The molecule has 0 spiro atoms. The second kappa shape index (κ2) is 6.36. The van der Waals surface area contributed by atoms with Crippen molar-refractivity contribution in [3.05, 3.63) is 23.8 Å². The molecule has 0 fully saturated rings. The molecular formula is C14H16N2O5. The van der Waals surface area contributed by atoms with E-state index in [0.29, 0.717) is 29.8 Å². The van der Waals surface area contributed by atoms with Gasteiger partial charge in [0.15, 0.2) is 0 Å². The molecule has 2 rings (SSSR count). The Morgan fingerprint density at radius 1 is 1.19 bits per heavy atom. The van der Waals surface area contributed by atoms with Crippen LogP contribution >= 0.6 is 0 Å². The summed E-state index contributed by atoms with van der Waals surface area (Å²) in [5.74, 6) is -1.70. The lowest BCUT2D eigenvalue weighted by Crippen LogP contribution is -2.16. The Hall–Kier alpha value is -2.41. The van der Waals surface area contributed by atoms with Gasteiger partial charge in [0.1, 0.15) is 6.42 Å². The number of carbonyl (C=O) groups excluding carboxylic acids is 2. The molecule has 0 saturated heterocycles. The van der Waals surface area contributed by atoms with Crippen LogP contribution in [0.1, 0.15) is 37.4 Å². The van der Waals surface area contributed by atoms with Gasteiger partial charge in [0, 0.05) is 6.42 Å². The van der Waals surface area contributed by atoms with E-state index in [1.165, 1.54) is 0 Å². The number of fused-ring (bicyclic) bond motifs is 1. The first-order valence-corrected chi connectivity index (χ1v) is 6.59. The minimum atomic E-state index is -0.904. The van der Waals surface area contributed by atoms with Crippen molar-refractivity contribution in [2.45, 2.75) is 31.8 Å². The van der Waals surface area contributed by atoms with E-state index >= 15 is 0 Å². The van der Waals surface area contributed by atoms with E-state index in [0.717, 1.165) is 0 Å². The summed E-state index contributed by atoms with van der Waals surface area (Å²) in [7, 11) is 0. The summed E-state index contributed by atoms with van der Waals surface area (Å²) in [4.78, 5) is 33.3. The molecule has 0 bridgehead atoms. The highest BCUT2D eigenvalue weighted by Crippen LogP contribution is 2.29. The van der Waals surface area contributed by atoms with Crippen molar-refractivity contribution in [3.63, 3.8) is 0 Å². The van der Waals surface area contributed by atoms with Gasteiger partial charge in [-0.05, 0) is 30.5 Å². The fraction of sp³-hybridized carbons (Fsp3) is 0.357. The first kappa shape index (κ1) is 15.0. The van der Waals surface area contributed by atoms with E-state index in [1.54, 1.807) is 18.2 Å². The Labute approximate surface area is 121 Å². The minimum absolute atomic E-state index is 0.00516.